The van der Waals surface area contributed by atoms with Crippen LogP contribution in [0, 0.1) is 17.8 Å². The van der Waals surface area contributed by atoms with Gasteiger partial charge in [0, 0.05) is 0 Å². The van der Waals surface area contributed by atoms with Crippen LogP contribution in [-0.2, 0) is 19.0 Å². The maximum absolute atomic E-state index is 12.3. The average molecular weight is 322 g/mol. The number of rotatable bonds is 8. The van der Waals surface area contributed by atoms with Crippen molar-refractivity contribution >= 4 is 5.97 Å². The van der Waals surface area contributed by atoms with E-state index in [1.165, 1.54) is 12.5 Å². The molecule has 0 heterocycles. The Morgan fingerprint density at radius 3 is 1.78 bits per heavy atom. The lowest BCUT2D eigenvalue weighted by Gasteiger charge is -2.31. The van der Waals surface area contributed by atoms with E-state index in [1.54, 1.807) is 0 Å². The van der Waals surface area contributed by atoms with Crippen LogP contribution in [0.25, 0.3) is 0 Å². The topological polar surface area (TPSA) is 44.8 Å². The van der Waals surface area contributed by atoms with Crippen molar-refractivity contribution in [1.82, 2.24) is 0 Å². The third-order valence-corrected chi connectivity index (χ3v) is 5.16. The van der Waals surface area contributed by atoms with E-state index in [4.69, 9.17) is 14.2 Å². The molecule has 0 radical (unpaired) electrons. The summed E-state index contributed by atoms with van der Waals surface area (Å²) < 4.78 is 16.3. The van der Waals surface area contributed by atoms with Crippen molar-refractivity contribution in [3.8, 4) is 0 Å². The molecule has 2 aliphatic carbocycles. The Hall–Kier alpha value is -1.45. The highest BCUT2D eigenvalue weighted by Crippen LogP contribution is 2.32. The van der Waals surface area contributed by atoms with E-state index >= 15 is 0 Å². The second-order valence-electron chi connectivity index (χ2n) is 6.80. The van der Waals surface area contributed by atoms with Crippen molar-refractivity contribution in [2.45, 2.75) is 57.5 Å². The molecule has 2 aliphatic rings. The third-order valence-electron chi connectivity index (χ3n) is 5.16. The minimum atomic E-state index is 0.0129. The van der Waals surface area contributed by atoms with Gasteiger partial charge in [0.2, 0.25) is 0 Å². The zero-order chi connectivity index (χ0) is 16.5. The monoisotopic (exact) mass is 322 g/mol. The molecule has 0 amide bonds. The lowest BCUT2D eigenvalue weighted by molar-refractivity contribution is -0.157. The third kappa shape index (κ3) is 5.92. The van der Waals surface area contributed by atoms with Gasteiger partial charge in [-0.25, -0.2) is 0 Å². The zero-order valence-corrected chi connectivity index (χ0v) is 14.1. The fraction of sp³-hybridized carbons (Fsp3) is 0.737. The van der Waals surface area contributed by atoms with E-state index in [-0.39, 0.29) is 18.0 Å². The SMILES string of the molecule is C=COCC1CCC(OC(=O)C2CCC(COC=C)CC2)CC1. The summed E-state index contributed by atoms with van der Waals surface area (Å²) in [6.45, 7) is 8.60. The lowest BCUT2D eigenvalue weighted by atomic mass is 9.82. The molecule has 0 aliphatic heterocycles. The van der Waals surface area contributed by atoms with E-state index in [0.29, 0.717) is 11.8 Å². The van der Waals surface area contributed by atoms with Gasteiger partial charge in [-0.2, -0.15) is 0 Å². The van der Waals surface area contributed by atoms with Crippen molar-refractivity contribution in [1.29, 1.82) is 0 Å². The summed E-state index contributed by atoms with van der Waals surface area (Å²) in [5, 5.41) is 0. The zero-order valence-electron chi connectivity index (χ0n) is 14.1. The Morgan fingerprint density at radius 1 is 0.826 bits per heavy atom. The van der Waals surface area contributed by atoms with Crippen molar-refractivity contribution in [2.75, 3.05) is 13.2 Å². The standard InChI is InChI=1S/C19H30O4/c1-3-21-13-15-5-9-17(10-6-15)19(20)23-18-11-7-16(8-12-18)14-22-4-2/h3-4,15-18H,1-2,5-14H2. The highest BCUT2D eigenvalue weighted by atomic mass is 16.5. The fourth-order valence-corrected chi connectivity index (χ4v) is 3.65. The molecule has 0 aromatic heterocycles. The van der Waals surface area contributed by atoms with Crippen LogP contribution in [0.2, 0.25) is 0 Å². The van der Waals surface area contributed by atoms with Gasteiger partial charge in [0.15, 0.2) is 0 Å². The number of esters is 1. The summed E-state index contributed by atoms with van der Waals surface area (Å²) in [5.74, 6) is 1.22. The maximum atomic E-state index is 12.3. The summed E-state index contributed by atoms with van der Waals surface area (Å²) >= 11 is 0. The predicted octanol–water partition coefficient (Wildman–Crippen LogP) is 4.22. The molecule has 2 rings (SSSR count). The predicted molar refractivity (Wildman–Crippen MR) is 89.6 cm³/mol. The van der Waals surface area contributed by atoms with Crippen LogP contribution in [0.4, 0.5) is 0 Å². The molecule has 0 aromatic rings. The maximum Gasteiger partial charge on any atom is 0.309 e. The first-order chi connectivity index (χ1) is 11.2. The second-order valence-corrected chi connectivity index (χ2v) is 6.80. The molecule has 130 valence electrons. The molecule has 23 heavy (non-hydrogen) atoms. The average Bonchev–Trinajstić information content (AvgIpc) is 2.59. The van der Waals surface area contributed by atoms with Gasteiger partial charge in [0.25, 0.3) is 0 Å². The van der Waals surface area contributed by atoms with Gasteiger partial charge in [-0.15, -0.1) is 0 Å². The molecular weight excluding hydrogens is 292 g/mol. The fourth-order valence-electron chi connectivity index (χ4n) is 3.65. The number of hydrogen-bond donors (Lipinski definition) is 0. The van der Waals surface area contributed by atoms with E-state index in [9.17, 15) is 4.79 Å². The molecule has 0 unspecified atom stereocenters. The Labute approximate surface area is 139 Å². The van der Waals surface area contributed by atoms with Crippen LogP contribution < -0.4 is 0 Å². The van der Waals surface area contributed by atoms with Crippen LogP contribution in [0.1, 0.15) is 51.4 Å². The Bertz CT molecular complexity index is 377. The van der Waals surface area contributed by atoms with Crippen LogP contribution in [0.15, 0.2) is 25.7 Å². The quantitative estimate of drug-likeness (QED) is 0.496. The van der Waals surface area contributed by atoms with Crippen molar-refractivity contribution in [3.63, 3.8) is 0 Å². The van der Waals surface area contributed by atoms with Crippen molar-refractivity contribution in [3.05, 3.63) is 25.7 Å². The number of carbonyl (C=O) groups excluding carboxylic acids is 1. The molecule has 2 saturated carbocycles. The van der Waals surface area contributed by atoms with Gasteiger partial charge in [0.1, 0.15) is 6.10 Å². The molecule has 0 aromatic carbocycles. The first-order valence-electron chi connectivity index (χ1n) is 8.88. The molecule has 0 saturated heterocycles. The molecule has 0 N–H and O–H groups in total. The first-order valence-corrected chi connectivity index (χ1v) is 8.88. The molecule has 4 heteroatoms. The van der Waals surface area contributed by atoms with Crippen LogP contribution in [0.3, 0.4) is 0 Å². The molecular formula is C19H30O4. The Morgan fingerprint density at radius 2 is 1.30 bits per heavy atom. The van der Waals surface area contributed by atoms with E-state index < -0.39 is 0 Å². The molecule has 0 atom stereocenters. The first kappa shape index (κ1) is 17.9. The number of carbonyl (C=O) groups is 1. The summed E-state index contributed by atoms with van der Waals surface area (Å²) in [4.78, 5) is 12.3. The number of hydrogen-bond acceptors (Lipinski definition) is 4. The van der Waals surface area contributed by atoms with Crippen molar-refractivity contribution in [2.24, 2.45) is 17.8 Å². The van der Waals surface area contributed by atoms with Gasteiger partial charge in [-0.1, -0.05) is 13.2 Å². The highest BCUT2D eigenvalue weighted by Gasteiger charge is 2.30. The van der Waals surface area contributed by atoms with Gasteiger partial charge in [0.05, 0.1) is 31.7 Å². The Kier molecular flexibility index (Phi) is 7.50. The number of ether oxygens (including phenoxy) is 3. The largest absolute Gasteiger partial charge is 0.502 e. The molecule has 2 fully saturated rings. The Balaban J connectivity index is 1.64. The summed E-state index contributed by atoms with van der Waals surface area (Å²) in [7, 11) is 0. The van der Waals surface area contributed by atoms with Gasteiger partial charge in [-0.3, -0.25) is 4.79 Å². The van der Waals surface area contributed by atoms with Crippen LogP contribution >= 0.6 is 0 Å². The normalized spacial score (nSPS) is 31.0. The smallest absolute Gasteiger partial charge is 0.309 e. The molecule has 0 bridgehead atoms. The van der Waals surface area contributed by atoms with E-state index in [2.05, 4.69) is 13.2 Å². The van der Waals surface area contributed by atoms with Gasteiger partial charge in [-0.05, 0) is 63.2 Å². The van der Waals surface area contributed by atoms with Crippen LogP contribution in [0.5, 0.6) is 0 Å². The van der Waals surface area contributed by atoms with Gasteiger partial charge >= 0.3 is 5.97 Å². The lowest BCUT2D eigenvalue weighted by Crippen LogP contribution is -2.31. The van der Waals surface area contributed by atoms with Crippen molar-refractivity contribution < 1.29 is 19.0 Å². The molecule has 0 spiro atoms. The van der Waals surface area contributed by atoms with E-state index in [1.807, 2.05) is 0 Å². The molecule has 4 nitrogen and oxygen atoms in total. The summed E-state index contributed by atoms with van der Waals surface area (Å²) in [6.07, 6.45) is 11.1. The minimum absolute atomic E-state index is 0.0129. The summed E-state index contributed by atoms with van der Waals surface area (Å²) in [6, 6.07) is 0. The van der Waals surface area contributed by atoms with Gasteiger partial charge < -0.3 is 14.2 Å². The second kappa shape index (κ2) is 9.64. The van der Waals surface area contributed by atoms with Crippen LogP contribution in [-0.4, -0.2) is 25.3 Å². The highest BCUT2D eigenvalue weighted by molar-refractivity contribution is 5.72. The van der Waals surface area contributed by atoms with E-state index in [0.717, 1.165) is 64.6 Å². The minimum Gasteiger partial charge on any atom is -0.502 e. The summed E-state index contributed by atoms with van der Waals surface area (Å²) in [5.41, 5.74) is 0.